The number of Topliss-reactive ketones (excluding diaryl/α,β-unsaturated/α-hetero) is 1. The van der Waals surface area contributed by atoms with Crippen molar-refractivity contribution in [1.82, 2.24) is 10.3 Å². The van der Waals surface area contributed by atoms with Gasteiger partial charge in [-0.1, -0.05) is 41.6 Å². The average Bonchev–Trinajstić information content (AvgIpc) is 3.16. The van der Waals surface area contributed by atoms with E-state index in [1.807, 2.05) is 18.2 Å². The fraction of sp³-hybridized carbons (Fsp3) is 0.136. The Morgan fingerprint density at radius 1 is 1.09 bits per heavy atom. The van der Waals surface area contributed by atoms with E-state index in [2.05, 4.69) is 20.3 Å². The van der Waals surface area contributed by atoms with Gasteiger partial charge in [0.1, 0.15) is 11.0 Å². The van der Waals surface area contributed by atoms with Crippen molar-refractivity contribution in [1.29, 1.82) is 0 Å². The molecule has 2 aromatic carbocycles. The van der Waals surface area contributed by atoms with Gasteiger partial charge in [0.2, 0.25) is 5.91 Å². The minimum absolute atomic E-state index is 0.0543. The third-order valence-corrected chi connectivity index (χ3v) is 7.17. The molecule has 10 heteroatoms. The maximum Gasteiger partial charge on any atom is 0.219 e. The molecular formula is C22H19ClN4O3S2. The molecular weight excluding hydrogens is 468 g/mol. The van der Waals surface area contributed by atoms with Crippen molar-refractivity contribution in [3.63, 3.8) is 0 Å². The monoisotopic (exact) mass is 486 g/mol. The number of amides is 1. The summed E-state index contributed by atoms with van der Waals surface area (Å²) in [7, 11) is -1.58. The van der Waals surface area contributed by atoms with Crippen LogP contribution in [0.2, 0.25) is 5.15 Å². The van der Waals surface area contributed by atoms with Crippen LogP contribution in [0.25, 0.3) is 11.1 Å². The van der Waals surface area contributed by atoms with E-state index in [-0.39, 0.29) is 22.3 Å². The van der Waals surface area contributed by atoms with Crippen molar-refractivity contribution in [3.8, 4) is 11.1 Å². The summed E-state index contributed by atoms with van der Waals surface area (Å²) >= 11 is 7.75. The second-order valence-corrected chi connectivity index (χ2v) is 9.79. The van der Waals surface area contributed by atoms with Crippen LogP contribution in [0, 0.1) is 0 Å². The highest BCUT2D eigenvalue weighted by molar-refractivity contribution is 8.00. The van der Waals surface area contributed by atoms with Gasteiger partial charge < -0.3 is 10.6 Å². The Balaban J connectivity index is 1.54. The van der Waals surface area contributed by atoms with Crippen molar-refractivity contribution in [3.05, 3.63) is 65.4 Å². The lowest BCUT2D eigenvalue weighted by Gasteiger charge is -2.11. The van der Waals surface area contributed by atoms with Crippen LogP contribution in [0.3, 0.4) is 0 Å². The lowest BCUT2D eigenvalue weighted by atomic mass is 10.1. The highest BCUT2D eigenvalue weighted by Crippen LogP contribution is 2.40. The molecule has 1 aromatic heterocycles. The Morgan fingerprint density at radius 3 is 2.53 bits per heavy atom. The lowest BCUT2D eigenvalue weighted by Crippen LogP contribution is -2.33. The molecule has 0 bridgehead atoms. The number of halogens is 1. The van der Waals surface area contributed by atoms with Crippen LogP contribution in [0.15, 0.2) is 64.5 Å². The number of carbonyl (C=O) groups excluding carboxylic acids is 2. The first-order chi connectivity index (χ1) is 15.3. The maximum atomic E-state index is 12.8. The molecule has 7 nitrogen and oxygen atoms in total. The molecule has 4 rings (SSSR count). The van der Waals surface area contributed by atoms with Gasteiger partial charge in [0.05, 0.1) is 16.3 Å². The summed E-state index contributed by atoms with van der Waals surface area (Å²) in [5.74, 6) is -0.161. The number of ketones is 1. The molecule has 32 heavy (non-hydrogen) atoms. The van der Waals surface area contributed by atoms with E-state index in [9.17, 15) is 13.8 Å². The first kappa shape index (κ1) is 22.3. The number of fused-ring (bicyclic) bond motifs is 1. The summed E-state index contributed by atoms with van der Waals surface area (Å²) in [5, 5.41) is 6.27. The Bertz CT molecular complexity index is 1230. The Morgan fingerprint density at radius 2 is 1.84 bits per heavy atom. The molecule has 0 aliphatic carbocycles. The lowest BCUT2D eigenvalue weighted by molar-refractivity contribution is -0.119. The van der Waals surface area contributed by atoms with Crippen molar-refractivity contribution in [2.75, 3.05) is 10.0 Å². The number of pyridine rings is 1. The molecule has 3 N–H and O–H groups in total. The first-order valence-corrected chi connectivity index (χ1v) is 12.0. The van der Waals surface area contributed by atoms with Gasteiger partial charge in [-0.3, -0.25) is 14.3 Å². The number of aromatic nitrogens is 1. The van der Waals surface area contributed by atoms with Gasteiger partial charge in [0.25, 0.3) is 0 Å². The van der Waals surface area contributed by atoms with Gasteiger partial charge >= 0.3 is 0 Å². The number of carbonyl (C=O) groups is 2. The smallest absolute Gasteiger partial charge is 0.219 e. The van der Waals surface area contributed by atoms with E-state index >= 15 is 0 Å². The third-order valence-electron chi connectivity index (χ3n) is 4.70. The predicted octanol–water partition coefficient (Wildman–Crippen LogP) is 4.68. The summed E-state index contributed by atoms with van der Waals surface area (Å²) in [4.78, 5) is 28.5. The molecule has 164 valence electrons. The van der Waals surface area contributed by atoms with Crippen molar-refractivity contribution >= 4 is 57.4 Å². The van der Waals surface area contributed by atoms with Crippen molar-refractivity contribution in [2.24, 2.45) is 0 Å². The minimum atomic E-state index is -1.58. The van der Waals surface area contributed by atoms with Gasteiger partial charge in [0, 0.05) is 29.1 Å². The van der Waals surface area contributed by atoms with Gasteiger partial charge in [0.15, 0.2) is 16.4 Å². The predicted molar refractivity (Wildman–Crippen MR) is 128 cm³/mol. The van der Waals surface area contributed by atoms with Crippen LogP contribution in [0.1, 0.15) is 24.2 Å². The molecule has 0 fully saturated rings. The zero-order valence-corrected chi connectivity index (χ0v) is 19.5. The summed E-state index contributed by atoms with van der Waals surface area (Å²) in [6.07, 6.45) is 1.65. The molecule has 0 spiro atoms. The highest BCUT2D eigenvalue weighted by atomic mass is 35.5. The van der Waals surface area contributed by atoms with Crippen LogP contribution in [0.5, 0.6) is 0 Å². The van der Waals surface area contributed by atoms with Crippen molar-refractivity contribution in [2.45, 2.75) is 29.1 Å². The zero-order chi connectivity index (χ0) is 22.8. The van der Waals surface area contributed by atoms with Gasteiger partial charge in [-0.2, -0.15) is 0 Å². The maximum absolute atomic E-state index is 12.8. The number of hydrogen-bond acceptors (Lipinski definition) is 6. The number of nitrogens with one attached hydrogen (secondary N) is 3. The average molecular weight is 487 g/mol. The van der Waals surface area contributed by atoms with E-state index < -0.39 is 11.0 Å². The van der Waals surface area contributed by atoms with Gasteiger partial charge in [-0.15, -0.1) is 0 Å². The van der Waals surface area contributed by atoms with Crippen LogP contribution in [-0.2, 0) is 15.8 Å². The Labute approximate surface area is 196 Å². The Hall–Kier alpha value is -2.88. The minimum Gasteiger partial charge on any atom is -0.356 e. The molecule has 2 atom stereocenters. The number of thioether (sulfide) groups is 1. The number of anilines is 2. The molecule has 2 unspecified atom stereocenters. The van der Waals surface area contributed by atoms with Crippen molar-refractivity contribution < 1.29 is 13.8 Å². The second kappa shape index (κ2) is 9.32. The van der Waals surface area contributed by atoms with Crippen LogP contribution in [-0.4, -0.2) is 26.4 Å². The summed E-state index contributed by atoms with van der Waals surface area (Å²) < 4.78 is 15.6. The molecule has 3 aromatic rings. The molecule has 1 amide bonds. The largest absolute Gasteiger partial charge is 0.356 e. The number of rotatable bonds is 6. The van der Waals surface area contributed by atoms with Gasteiger partial charge in [-0.25, -0.2) is 9.19 Å². The summed E-state index contributed by atoms with van der Waals surface area (Å²) in [6, 6.07) is 14.2. The SMILES string of the molecule is CC(=O)NC1Nc2ccc(-c3cnc(Cl)c(NS(=O)c4ccc(C(C)=O)cc4)c3)cc2S1. The standard InChI is InChI=1S/C22H19ClN4O3S2/c1-12(28)14-3-6-17(7-4-14)32(30)27-19-9-16(11-24-21(19)23)15-5-8-18-20(10-15)31-22(26-18)25-13(2)29/h3-11,22,26-27H,1-2H3,(H,25,29). The van der Waals surface area contributed by atoms with E-state index in [1.165, 1.54) is 25.6 Å². The van der Waals surface area contributed by atoms with Crippen LogP contribution >= 0.6 is 23.4 Å². The zero-order valence-electron chi connectivity index (χ0n) is 17.1. The molecule has 0 saturated carbocycles. The molecule has 0 radical (unpaired) electrons. The number of nitrogens with zero attached hydrogens (tertiary/aromatic N) is 1. The third kappa shape index (κ3) is 4.95. The fourth-order valence-corrected chi connectivity index (χ4v) is 5.29. The Kier molecular flexibility index (Phi) is 6.50. The molecule has 0 saturated heterocycles. The molecule has 1 aliphatic heterocycles. The second-order valence-electron chi connectivity index (χ2n) is 7.07. The quantitative estimate of drug-likeness (QED) is 0.345. The molecule has 2 heterocycles. The normalized spacial score (nSPS) is 15.4. The van der Waals surface area contributed by atoms with Crippen LogP contribution < -0.4 is 15.4 Å². The summed E-state index contributed by atoms with van der Waals surface area (Å²) in [6.45, 7) is 2.96. The summed E-state index contributed by atoms with van der Waals surface area (Å²) in [5.41, 5.74) is 3.42. The van der Waals surface area contributed by atoms with E-state index in [1.54, 1.807) is 36.5 Å². The molecule has 1 aliphatic rings. The first-order valence-electron chi connectivity index (χ1n) is 9.60. The van der Waals surface area contributed by atoms with Crippen LogP contribution in [0.4, 0.5) is 11.4 Å². The highest BCUT2D eigenvalue weighted by Gasteiger charge is 2.22. The van der Waals surface area contributed by atoms with Gasteiger partial charge in [-0.05, 0) is 42.8 Å². The topological polar surface area (TPSA) is 100 Å². The van der Waals surface area contributed by atoms with E-state index in [0.717, 1.165) is 21.7 Å². The van der Waals surface area contributed by atoms with E-state index in [0.29, 0.717) is 16.1 Å². The fourth-order valence-electron chi connectivity index (χ4n) is 3.12. The number of benzene rings is 2. The number of hydrogen-bond donors (Lipinski definition) is 3. The van der Waals surface area contributed by atoms with E-state index in [4.69, 9.17) is 11.6 Å².